The maximum absolute atomic E-state index is 13.3. The number of carbonyl (C=O) groups excluding carboxylic acids is 1. The van der Waals surface area contributed by atoms with E-state index in [9.17, 15) is 4.79 Å². The van der Waals surface area contributed by atoms with Crippen LogP contribution in [0.15, 0.2) is 54.6 Å². The normalized spacial score (nSPS) is 29.5. The van der Waals surface area contributed by atoms with E-state index in [0.29, 0.717) is 0 Å². The largest absolute Gasteiger partial charge is 0.468 e. The van der Waals surface area contributed by atoms with Gasteiger partial charge in [0.1, 0.15) is 11.0 Å². The van der Waals surface area contributed by atoms with Crippen molar-refractivity contribution in [2.24, 2.45) is 5.41 Å². The Balaban J connectivity index is 2.00. The number of nitrogens with one attached hydrogen (secondary N) is 1. The molecule has 4 rings (SSSR count). The topological polar surface area (TPSA) is 47.6 Å². The Labute approximate surface area is 160 Å². The molecule has 1 heterocycles. The lowest BCUT2D eigenvalue weighted by Crippen LogP contribution is -2.61. The fourth-order valence-corrected chi connectivity index (χ4v) is 5.14. The van der Waals surface area contributed by atoms with Crippen molar-refractivity contribution >= 4 is 5.97 Å². The van der Waals surface area contributed by atoms with Gasteiger partial charge in [-0.15, -0.1) is 0 Å². The van der Waals surface area contributed by atoms with Gasteiger partial charge < -0.3 is 14.8 Å². The molecule has 3 atom stereocenters. The predicted molar refractivity (Wildman–Crippen MR) is 104 cm³/mol. The number of hydrogen-bond acceptors (Lipinski definition) is 4. The van der Waals surface area contributed by atoms with Crippen molar-refractivity contribution in [3.05, 3.63) is 71.3 Å². The Bertz CT molecular complexity index is 821. The molecular weight excluding hydrogens is 338 g/mol. The van der Waals surface area contributed by atoms with E-state index in [-0.39, 0.29) is 12.1 Å². The van der Waals surface area contributed by atoms with E-state index in [2.05, 4.69) is 35.6 Å². The van der Waals surface area contributed by atoms with E-state index in [0.717, 1.165) is 43.4 Å². The van der Waals surface area contributed by atoms with E-state index in [1.807, 2.05) is 31.3 Å². The summed E-state index contributed by atoms with van der Waals surface area (Å²) in [7, 11) is 3.43. The molecular formula is C23H27NO3. The zero-order valence-electron chi connectivity index (χ0n) is 16.0. The number of carbonyl (C=O) groups is 1. The smallest absolute Gasteiger partial charge is 0.315 e. The van der Waals surface area contributed by atoms with Crippen molar-refractivity contribution in [2.45, 2.75) is 37.4 Å². The number of ether oxygens (including phenoxy) is 2. The van der Waals surface area contributed by atoms with Crippen molar-refractivity contribution in [1.29, 1.82) is 0 Å². The summed E-state index contributed by atoms with van der Waals surface area (Å²) in [6.07, 6.45) is 3.24. The molecule has 0 amide bonds. The molecule has 0 aromatic heterocycles. The Morgan fingerprint density at radius 3 is 2.63 bits per heavy atom. The second kappa shape index (κ2) is 7.10. The zero-order valence-corrected chi connectivity index (χ0v) is 16.0. The van der Waals surface area contributed by atoms with Gasteiger partial charge in [0.05, 0.1) is 13.2 Å². The molecule has 142 valence electrons. The Kier molecular flexibility index (Phi) is 4.79. The molecule has 0 radical (unpaired) electrons. The van der Waals surface area contributed by atoms with Gasteiger partial charge in [-0.25, -0.2) is 0 Å². The van der Waals surface area contributed by atoms with Crippen LogP contribution in [-0.4, -0.2) is 32.8 Å². The summed E-state index contributed by atoms with van der Waals surface area (Å²) in [5.74, 6) is -0.163. The second-order valence-electron chi connectivity index (χ2n) is 7.61. The van der Waals surface area contributed by atoms with Gasteiger partial charge in [0.2, 0.25) is 0 Å². The van der Waals surface area contributed by atoms with Crippen LogP contribution in [0.5, 0.6) is 0 Å². The van der Waals surface area contributed by atoms with Crippen LogP contribution in [0.25, 0.3) is 0 Å². The SMILES string of the molecule is CNC[C@H]1CC[C@]2(C(=O)OC)CCc3ccccc3[C@]2(c2ccccc2)O1. The van der Waals surface area contributed by atoms with Crippen molar-refractivity contribution < 1.29 is 14.3 Å². The van der Waals surface area contributed by atoms with Gasteiger partial charge in [0.15, 0.2) is 0 Å². The third-order valence-corrected chi connectivity index (χ3v) is 6.32. The average molecular weight is 365 g/mol. The van der Waals surface area contributed by atoms with E-state index in [1.165, 1.54) is 12.7 Å². The highest BCUT2D eigenvalue weighted by molar-refractivity contribution is 5.81. The number of rotatable bonds is 4. The minimum atomic E-state index is -0.823. The quantitative estimate of drug-likeness (QED) is 0.844. The van der Waals surface area contributed by atoms with Crippen LogP contribution in [0.4, 0.5) is 0 Å². The van der Waals surface area contributed by atoms with Crippen LogP contribution in [0.3, 0.4) is 0 Å². The van der Waals surface area contributed by atoms with Gasteiger partial charge in [-0.3, -0.25) is 4.79 Å². The summed E-state index contributed by atoms with van der Waals surface area (Å²) in [5, 5.41) is 3.24. The minimum absolute atomic E-state index is 0.0409. The second-order valence-corrected chi connectivity index (χ2v) is 7.61. The molecule has 1 fully saturated rings. The molecule has 0 unspecified atom stereocenters. The lowest BCUT2D eigenvalue weighted by Gasteiger charge is -2.56. The highest BCUT2D eigenvalue weighted by Gasteiger charge is 2.64. The van der Waals surface area contributed by atoms with Gasteiger partial charge in [-0.2, -0.15) is 0 Å². The number of esters is 1. The van der Waals surface area contributed by atoms with E-state index in [4.69, 9.17) is 9.47 Å². The molecule has 1 N–H and O–H groups in total. The molecule has 4 heteroatoms. The molecule has 0 bridgehead atoms. The van der Waals surface area contributed by atoms with Gasteiger partial charge in [0, 0.05) is 6.54 Å². The minimum Gasteiger partial charge on any atom is -0.468 e. The molecule has 1 aliphatic heterocycles. The van der Waals surface area contributed by atoms with Crippen LogP contribution >= 0.6 is 0 Å². The van der Waals surface area contributed by atoms with Gasteiger partial charge in [0.25, 0.3) is 0 Å². The molecule has 0 spiro atoms. The number of benzene rings is 2. The van der Waals surface area contributed by atoms with Crippen molar-refractivity contribution in [1.82, 2.24) is 5.32 Å². The molecule has 0 saturated carbocycles. The lowest BCUT2D eigenvalue weighted by atomic mass is 9.55. The third kappa shape index (κ3) is 2.62. The van der Waals surface area contributed by atoms with E-state index < -0.39 is 11.0 Å². The monoisotopic (exact) mass is 365 g/mol. The van der Waals surface area contributed by atoms with Crippen LogP contribution in [0.1, 0.15) is 36.0 Å². The highest BCUT2D eigenvalue weighted by atomic mass is 16.5. The molecule has 1 aliphatic carbocycles. The van der Waals surface area contributed by atoms with Crippen LogP contribution in [0, 0.1) is 5.41 Å². The Morgan fingerprint density at radius 1 is 1.15 bits per heavy atom. The number of hydrogen-bond donors (Lipinski definition) is 1. The first-order valence-electron chi connectivity index (χ1n) is 9.73. The standard InChI is InChI=1S/C23H27NO3/c1-24-16-19-13-15-22(21(25)26-2)14-12-17-8-6-7-11-20(17)23(22,27-19)18-9-4-3-5-10-18/h3-11,19,24H,12-16H2,1-2H3/t19-,22+,23+/m1/s1. The maximum atomic E-state index is 13.3. The van der Waals surface area contributed by atoms with Crippen LogP contribution < -0.4 is 5.32 Å². The van der Waals surface area contributed by atoms with E-state index >= 15 is 0 Å². The number of aryl methyl sites for hydroxylation is 1. The summed E-state index contributed by atoms with van der Waals surface area (Å²) in [6, 6.07) is 18.6. The van der Waals surface area contributed by atoms with Crippen LogP contribution in [-0.2, 0) is 26.3 Å². The van der Waals surface area contributed by atoms with Crippen LogP contribution in [0.2, 0.25) is 0 Å². The molecule has 27 heavy (non-hydrogen) atoms. The van der Waals surface area contributed by atoms with E-state index in [1.54, 1.807) is 0 Å². The maximum Gasteiger partial charge on any atom is 0.315 e. The van der Waals surface area contributed by atoms with Gasteiger partial charge >= 0.3 is 5.97 Å². The molecule has 2 aliphatic rings. The van der Waals surface area contributed by atoms with Gasteiger partial charge in [-0.05, 0) is 49.4 Å². The fraction of sp³-hybridized carbons (Fsp3) is 0.435. The summed E-state index contributed by atoms with van der Waals surface area (Å²) in [4.78, 5) is 13.3. The van der Waals surface area contributed by atoms with Gasteiger partial charge in [-0.1, -0.05) is 54.6 Å². The van der Waals surface area contributed by atoms with Crippen molar-refractivity contribution in [3.8, 4) is 0 Å². The molecule has 1 saturated heterocycles. The number of methoxy groups -OCH3 is 1. The zero-order chi connectivity index (χ0) is 18.9. The summed E-state index contributed by atoms with van der Waals surface area (Å²) >= 11 is 0. The highest BCUT2D eigenvalue weighted by Crippen LogP contribution is 2.60. The summed E-state index contributed by atoms with van der Waals surface area (Å²) in [5.41, 5.74) is 1.86. The fourth-order valence-electron chi connectivity index (χ4n) is 5.14. The molecule has 2 aromatic rings. The predicted octanol–water partition coefficient (Wildman–Crippen LogP) is 3.43. The molecule has 4 nitrogen and oxygen atoms in total. The molecule has 2 aromatic carbocycles. The summed E-state index contributed by atoms with van der Waals surface area (Å²) < 4.78 is 12.3. The van der Waals surface area contributed by atoms with Crippen molar-refractivity contribution in [3.63, 3.8) is 0 Å². The number of fused-ring (bicyclic) bond motifs is 3. The number of likely N-dealkylation sites (N-methyl/N-ethyl adjacent to an activating group) is 1. The lowest BCUT2D eigenvalue weighted by molar-refractivity contribution is -0.214. The Hall–Kier alpha value is -2.17. The average Bonchev–Trinajstić information content (AvgIpc) is 2.73. The Morgan fingerprint density at radius 2 is 1.89 bits per heavy atom. The first-order chi connectivity index (χ1) is 13.2. The first kappa shape index (κ1) is 18.2. The van der Waals surface area contributed by atoms with Crippen molar-refractivity contribution in [2.75, 3.05) is 20.7 Å². The summed E-state index contributed by atoms with van der Waals surface area (Å²) in [6.45, 7) is 0.758. The first-order valence-corrected chi connectivity index (χ1v) is 9.73. The third-order valence-electron chi connectivity index (χ3n) is 6.32.